The Hall–Kier alpha value is -1.06. The smallest absolute Gasteiger partial charge is 0.0418 e. The van der Waals surface area contributed by atoms with E-state index in [0.717, 1.165) is 26.2 Å². The van der Waals surface area contributed by atoms with Crippen LogP contribution in [-0.4, -0.2) is 37.6 Å². The highest BCUT2D eigenvalue weighted by Gasteiger charge is 2.11. The van der Waals surface area contributed by atoms with Gasteiger partial charge in [-0.15, -0.1) is 0 Å². The number of nitrogens with one attached hydrogen (secondary N) is 2. The summed E-state index contributed by atoms with van der Waals surface area (Å²) >= 11 is 0. The van der Waals surface area contributed by atoms with Gasteiger partial charge in [0.2, 0.25) is 0 Å². The predicted octanol–water partition coefficient (Wildman–Crippen LogP) is 2.86. The topological polar surface area (TPSA) is 27.3 Å². The number of hydrogen-bond acceptors (Lipinski definition) is 3. The zero-order valence-corrected chi connectivity index (χ0v) is 13.2. The number of fused-ring (bicyclic) bond motifs is 1. The van der Waals surface area contributed by atoms with Gasteiger partial charge >= 0.3 is 0 Å². The molecule has 0 bridgehead atoms. The van der Waals surface area contributed by atoms with Crippen molar-refractivity contribution < 1.29 is 0 Å². The molecule has 0 saturated heterocycles. The van der Waals surface area contributed by atoms with Gasteiger partial charge in [-0.1, -0.05) is 18.2 Å². The van der Waals surface area contributed by atoms with Gasteiger partial charge in [-0.05, 0) is 64.4 Å². The predicted molar refractivity (Wildman–Crippen MR) is 87.3 cm³/mol. The largest absolute Gasteiger partial charge is 0.385 e. The molecule has 0 saturated carbocycles. The molecule has 0 spiro atoms. The Bertz CT molecular complexity index is 415. The molecular formula is C17H29N3. The second kappa shape index (κ2) is 7.65. The standard InChI is InChI=1S/C17H29N3/c1-14(2)20(3)12-6-10-18-13-16-8-4-7-15-9-5-11-19-17(15)16/h4,7-8,14,18-19H,5-6,9-13H2,1-3H3. The maximum atomic E-state index is 3.58. The zero-order valence-electron chi connectivity index (χ0n) is 13.2. The molecule has 0 radical (unpaired) electrons. The van der Waals surface area contributed by atoms with Crippen molar-refractivity contribution in [2.45, 2.75) is 45.7 Å². The van der Waals surface area contributed by atoms with Gasteiger partial charge in [-0.3, -0.25) is 0 Å². The van der Waals surface area contributed by atoms with Crippen LogP contribution in [0.15, 0.2) is 18.2 Å². The van der Waals surface area contributed by atoms with Crippen molar-refractivity contribution in [1.29, 1.82) is 0 Å². The normalized spacial score (nSPS) is 14.4. The summed E-state index contributed by atoms with van der Waals surface area (Å²) in [5, 5.41) is 7.14. The molecule has 1 heterocycles. The first-order valence-corrected chi connectivity index (χ1v) is 7.94. The molecule has 3 heteroatoms. The lowest BCUT2D eigenvalue weighted by atomic mass is 9.99. The molecular weight excluding hydrogens is 246 g/mol. The zero-order chi connectivity index (χ0) is 14.4. The van der Waals surface area contributed by atoms with Crippen LogP contribution in [0.3, 0.4) is 0 Å². The molecule has 20 heavy (non-hydrogen) atoms. The van der Waals surface area contributed by atoms with E-state index in [1.54, 1.807) is 0 Å². The fourth-order valence-electron chi connectivity index (χ4n) is 2.66. The maximum absolute atomic E-state index is 3.58. The molecule has 2 rings (SSSR count). The molecule has 0 amide bonds. The third kappa shape index (κ3) is 4.22. The van der Waals surface area contributed by atoms with Crippen LogP contribution in [0.2, 0.25) is 0 Å². The summed E-state index contributed by atoms with van der Waals surface area (Å²) in [6, 6.07) is 7.32. The maximum Gasteiger partial charge on any atom is 0.0418 e. The molecule has 0 unspecified atom stereocenters. The molecule has 1 aliphatic rings. The molecule has 1 aliphatic heterocycles. The minimum atomic E-state index is 0.639. The monoisotopic (exact) mass is 275 g/mol. The first kappa shape index (κ1) is 15.3. The lowest BCUT2D eigenvalue weighted by Gasteiger charge is -2.22. The SMILES string of the molecule is CC(C)N(C)CCCNCc1cccc2c1NCCC2. The highest BCUT2D eigenvalue weighted by Crippen LogP contribution is 2.25. The molecule has 0 aromatic heterocycles. The van der Waals surface area contributed by atoms with Crippen LogP contribution in [0.5, 0.6) is 0 Å². The molecule has 2 N–H and O–H groups in total. The summed E-state index contributed by atoms with van der Waals surface area (Å²) < 4.78 is 0. The highest BCUT2D eigenvalue weighted by atomic mass is 15.1. The van der Waals surface area contributed by atoms with Crippen LogP contribution in [0, 0.1) is 0 Å². The first-order chi connectivity index (χ1) is 9.68. The Morgan fingerprint density at radius 2 is 2.20 bits per heavy atom. The highest BCUT2D eigenvalue weighted by molar-refractivity contribution is 5.59. The van der Waals surface area contributed by atoms with Crippen molar-refractivity contribution in [3.63, 3.8) is 0 Å². The fourth-order valence-corrected chi connectivity index (χ4v) is 2.66. The summed E-state index contributed by atoms with van der Waals surface area (Å²) in [5.41, 5.74) is 4.28. The van der Waals surface area contributed by atoms with E-state index in [1.807, 2.05) is 0 Å². The third-order valence-electron chi connectivity index (χ3n) is 4.22. The molecule has 1 aromatic carbocycles. The van der Waals surface area contributed by atoms with E-state index in [2.05, 4.69) is 54.6 Å². The molecule has 112 valence electrons. The van der Waals surface area contributed by atoms with Gasteiger partial charge in [-0.2, -0.15) is 0 Å². The van der Waals surface area contributed by atoms with Crippen molar-refractivity contribution in [3.8, 4) is 0 Å². The van der Waals surface area contributed by atoms with Gasteiger partial charge in [0.25, 0.3) is 0 Å². The number of anilines is 1. The van der Waals surface area contributed by atoms with E-state index >= 15 is 0 Å². The van der Waals surface area contributed by atoms with Gasteiger partial charge in [0.1, 0.15) is 0 Å². The van der Waals surface area contributed by atoms with Crippen LogP contribution >= 0.6 is 0 Å². The quantitative estimate of drug-likeness (QED) is 0.749. The van der Waals surface area contributed by atoms with Crippen molar-refractivity contribution >= 4 is 5.69 Å². The Kier molecular flexibility index (Phi) is 5.86. The minimum absolute atomic E-state index is 0.639. The van der Waals surface area contributed by atoms with Gasteiger partial charge in [0.15, 0.2) is 0 Å². The Balaban J connectivity index is 1.75. The summed E-state index contributed by atoms with van der Waals surface area (Å²) in [6.45, 7) is 8.83. The minimum Gasteiger partial charge on any atom is -0.385 e. The van der Waals surface area contributed by atoms with Gasteiger partial charge in [0, 0.05) is 24.8 Å². The van der Waals surface area contributed by atoms with E-state index in [9.17, 15) is 0 Å². The van der Waals surface area contributed by atoms with Crippen LogP contribution in [0.25, 0.3) is 0 Å². The molecule has 3 nitrogen and oxygen atoms in total. The lowest BCUT2D eigenvalue weighted by molar-refractivity contribution is 0.269. The number of aryl methyl sites for hydroxylation is 1. The van der Waals surface area contributed by atoms with Crippen LogP contribution in [0.1, 0.15) is 37.8 Å². The molecule has 1 aromatic rings. The summed E-state index contributed by atoms with van der Waals surface area (Å²) in [5.74, 6) is 0. The molecule has 0 fully saturated rings. The van der Waals surface area contributed by atoms with E-state index in [0.29, 0.717) is 6.04 Å². The second-order valence-corrected chi connectivity index (χ2v) is 6.09. The van der Waals surface area contributed by atoms with Crippen molar-refractivity contribution in [2.24, 2.45) is 0 Å². The van der Waals surface area contributed by atoms with Crippen LogP contribution in [-0.2, 0) is 13.0 Å². The summed E-state index contributed by atoms with van der Waals surface area (Å²) in [4.78, 5) is 2.40. The Labute approximate surface area is 123 Å². The number of benzene rings is 1. The van der Waals surface area contributed by atoms with E-state index in [-0.39, 0.29) is 0 Å². The van der Waals surface area contributed by atoms with E-state index in [4.69, 9.17) is 0 Å². The number of para-hydroxylation sites is 1. The molecule has 0 atom stereocenters. The van der Waals surface area contributed by atoms with Crippen LogP contribution < -0.4 is 10.6 Å². The average molecular weight is 275 g/mol. The number of hydrogen-bond donors (Lipinski definition) is 2. The molecule has 0 aliphatic carbocycles. The van der Waals surface area contributed by atoms with E-state index in [1.165, 1.54) is 36.1 Å². The fraction of sp³-hybridized carbons (Fsp3) is 0.647. The van der Waals surface area contributed by atoms with Crippen LogP contribution in [0.4, 0.5) is 5.69 Å². The lowest BCUT2D eigenvalue weighted by Crippen LogP contribution is -2.29. The summed E-state index contributed by atoms with van der Waals surface area (Å²) in [6.07, 6.45) is 3.68. The van der Waals surface area contributed by atoms with Crippen molar-refractivity contribution in [1.82, 2.24) is 10.2 Å². The summed E-state index contributed by atoms with van der Waals surface area (Å²) in [7, 11) is 2.20. The number of nitrogens with zero attached hydrogens (tertiary/aromatic N) is 1. The van der Waals surface area contributed by atoms with Gasteiger partial charge < -0.3 is 15.5 Å². The Morgan fingerprint density at radius 3 is 3.00 bits per heavy atom. The Morgan fingerprint density at radius 1 is 1.35 bits per heavy atom. The van der Waals surface area contributed by atoms with Gasteiger partial charge in [0.05, 0.1) is 0 Å². The second-order valence-electron chi connectivity index (χ2n) is 6.09. The van der Waals surface area contributed by atoms with Crippen molar-refractivity contribution in [3.05, 3.63) is 29.3 Å². The number of rotatable bonds is 7. The average Bonchev–Trinajstić information content (AvgIpc) is 2.46. The first-order valence-electron chi connectivity index (χ1n) is 7.94. The van der Waals surface area contributed by atoms with Gasteiger partial charge in [-0.25, -0.2) is 0 Å². The van der Waals surface area contributed by atoms with E-state index < -0.39 is 0 Å². The third-order valence-corrected chi connectivity index (χ3v) is 4.22. The van der Waals surface area contributed by atoms with Crippen molar-refractivity contribution in [2.75, 3.05) is 32.0 Å².